The molecule has 1 aromatic heterocycles. The van der Waals surface area contributed by atoms with E-state index in [9.17, 15) is 40.7 Å². The summed E-state index contributed by atoms with van der Waals surface area (Å²) >= 11 is 0. The van der Waals surface area contributed by atoms with Crippen molar-refractivity contribution in [1.29, 1.82) is 0 Å². The summed E-state index contributed by atoms with van der Waals surface area (Å²) < 4.78 is 89.5. The van der Waals surface area contributed by atoms with Crippen LogP contribution in [0.25, 0.3) is 0 Å². The maximum Gasteiger partial charge on any atom is 0.435 e. The van der Waals surface area contributed by atoms with Crippen LogP contribution in [0.3, 0.4) is 0 Å². The van der Waals surface area contributed by atoms with E-state index in [1.807, 2.05) is 0 Å². The predicted molar refractivity (Wildman–Crippen MR) is 139 cm³/mol. The molecular formula is C27H37F6N3O7. The van der Waals surface area contributed by atoms with E-state index in [0.29, 0.717) is 0 Å². The smallest absolute Gasteiger partial charge is 0.435 e. The molecule has 244 valence electrons. The number of nitrogens with zero attached hydrogens (tertiary/aromatic N) is 3. The highest BCUT2D eigenvalue weighted by Crippen LogP contribution is 2.58. The van der Waals surface area contributed by atoms with Crippen molar-refractivity contribution >= 4 is 18.0 Å². The molecule has 1 amide bonds. The zero-order valence-electron chi connectivity index (χ0n) is 24.8. The monoisotopic (exact) mass is 629 g/mol. The van der Waals surface area contributed by atoms with Crippen LogP contribution in [0.4, 0.5) is 35.9 Å². The van der Waals surface area contributed by atoms with Gasteiger partial charge >= 0.3 is 24.5 Å². The van der Waals surface area contributed by atoms with Crippen molar-refractivity contribution in [3.8, 4) is 5.88 Å². The van der Waals surface area contributed by atoms with Gasteiger partial charge in [-0.25, -0.2) is 9.59 Å². The van der Waals surface area contributed by atoms with E-state index < -0.39 is 59.8 Å². The van der Waals surface area contributed by atoms with Crippen molar-refractivity contribution in [1.82, 2.24) is 14.7 Å². The molecule has 0 saturated heterocycles. The Labute approximate surface area is 244 Å². The second-order valence-electron chi connectivity index (χ2n) is 12.5. The van der Waals surface area contributed by atoms with Gasteiger partial charge in [-0.1, -0.05) is 0 Å². The number of aromatic nitrogens is 2. The van der Waals surface area contributed by atoms with Crippen molar-refractivity contribution in [2.24, 2.45) is 10.8 Å². The molecule has 0 aromatic carbocycles. The first-order chi connectivity index (χ1) is 19.4. The molecule has 10 nitrogen and oxygen atoms in total. The van der Waals surface area contributed by atoms with E-state index in [1.165, 1.54) is 29.4 Å². The molecule has 16 heteroatoms. The van der Waals surface area contributed by atoms with Gasteiger partial charge in [-0.15, -0.1) is 5.10 Å². The zero-order valence-corrected chi connectivity index (χ0v) is 24.8. The molecule has 2 fully saturated rings. The molecule has 0 unspecified atom stereocenters. The van der Waals surface area contributed by atoms with Crippen LogP contribution in [0.5, 0.6) is 5.88 Å². The third-order valence-corrected chi connectivity index (χ3v) is 6.25. The Bertz CT molecular complexity index is 1170. The molecule has 0 bridgehead atoms. The van der Waals surface area contributed by atoms with E-state index in [4.69, 9.17) is 19.3 Å². The van der Waals surface area contributed by atoms with Gasteiger partial charge in [-0.05, 0) is 73.3 Å². The van der Waals surface area contributed by atoms with Crippen molar-refractivity contribution in [2.45, 2.75) is 90.8 Å². The first kappa shape index (κ1) is 35.9. The van der Waals surface area contributed by atoms with E-state index in [2.05, 4.69) is 5.10 Å². The fourth-order valence-electron chi connectivity index (χ4n) is 3.24. The highest BCUT2D eigenvalue weighted by atomic mass is 19.4. The maximum atomic E-state index is 12.7. The van der Waals surface area contributed by atoms with Gasteiger partial charge in [-0.2, -0.15) is 31.0 Å². The van der Waals surface area contributed by atoms with Gasteiger partial charge < -0.3 is 19.3 Å². The number of aliphatic hydroxyl groups excluding tert-OH is 1. The van der Waals surface area contributed by atoms with Gasteiger partial charge in [0.05, 0.1) is 18.6 Å². The second kappa shape index (κ2) is 12.7. The van der Waals surface area contributed by atoms with Crippen LogP contribution in [-0.2, 0) is 14.3 Å². The van der Waals surface area contributed by atoms with Gasteiger partial charge in [0.15, 0.2) is 5.78 Å². The van der Waals surface area contributed by atoms with E-state index in [-0.39, 0.29) is 43.9 Å². The molecule has 2 aliphatic carbocycles. The lowest BCUT2D eigenvalue weighted by molar-refractivity contribution is -0.196. The largest absolute Gasteiger partial charge is 0.476 e. The Balaban J connectivity index is 0.000000249. The SMILES string of the molecule is CC(C)(C)OC(=O)N1C=CC(=O)C1.CC(C)(C)OC(=O)n1ccc(OCC2(C(F)(F)F)CC2)n1.OCC1(C(F)(F)F)CC1. The second-order valence-corrected chi connectivity index (χ2v) is 12.5. The van der Waals surface area contributed by atoms with Crippen LogP contribution < -0.4 is 4.74 Å². The zero-order chi connectivity index (χ0) is 33.1. The standard InChI is InChI=1S/C13H17F3N2O3.C9H13NO3.C5H7F3O/c1-11(2,3)21-10(19)18-7-4-9(17-18)20-8-12(5-6-12)13(14,15)16;1-9(2,3)13-8(12)10-5-4-7(11)6-10;6-5(7,8)4(3-9)1-2-4/h4,7H,5-6,8H2,1-3H3;4-5H,6H2,1-3H3;9H,1-3H2. The number of hydrogen-bond acceptors (Lipinski definition) is 8. The number of halogens is 6. The van der Waals surface area contributed by atoms with Gasteiger partial charge in [0.2, 0.25) is 5.88 Å². The molecule has 0 radical (unpaired) electrons. The number of ether oxygens (including phenoxy) is 3. The van der Waals surface area contributed by atoms with Gasteiger partial charge in [0, 0.05) is 18.5 Å². The minimum Gasteiger partial charge on any atom is -0.476 e. The summed E-state index contributed by atoms with van der Waals surface area (Å²) in [6.45, 7) is 9.31. The summed E-state index contributed by atoms with van der Waals surface area (Å²) in [5.41, 5.74) is -4.68. The molecule has 1 N–H and O–H groups in total. The Morgan fingerprint density at radius 3 is 1.72 bits per heavy atom. The number of amides is 1. The van der Waals surface area contributed by atoms with E-state index in [0.717, 1.165) is 4.68 Å². The van der Waals surface area contributed by atoms with Crippen molar-refractivity contribution in [2.75, 3.05) is 19.8 Å². The Hall–Kier alpha value is -3.30. The topological polar surface area (TPSA) is 120 Å². The molecule has 2 saturated carbocycles. The lowest BCUT2D eigenvalue weighted by Crippen LogP contribution is -2.33. The molecule has 0 spiro atoms. The third-order valence-electron chi connectivity index (χ3n) is 6.25. The first-order valence-electron chi connectivity index (χ1n) is 13.3. The Kier molecular flexibility index (Phi) is 10.6. The number of carbonyl (C=O) groups is 3. The van der Waals surface area contributed by atoms with E-state index >= 15 is 0 Å². The number of alkyl halides is 6. The average molecular weight is 630 g/mol. The minimum atomic E-state index is -4.28. The summed E-state index contributed by atoms with van der Waals surface area (Å²) in [5, 5.41) is 12.0. The summed E-state index contributed by atoms with van der Waals surface area (Å²) in [6, 6.07) is 1.33. The lowest BCUT2D eigenvalue weighted by Gasteiger charge is -2.22. The van der Waals surface area contributed by atoms with Crippen molar-refractivity contribution in [3.05, 3.63) is 24.5 Å². The third kappa shape index (κ3) is 10.7. The Morgan fingerprint density at radius 1 is 0.884 bits per heavy atom. The molecule has 1 aliphatic heterocycles. The summed E-state index contributed by atoms with van der Waals surface area (Å²) in [4.78, 5) is 35.0. The van der Waals surface area contributed by atoms with Gasteiger partial charge in [-0.3, -0.25) is 9.69 Å². The number of ketones is 1. The summed E-state index contributed by atoms with van der Waals surface area (Å²) in [7, 11) is 0. The fourth-order valence-corrected chi connectivity index (χ4v) is 3.24. The summed E-state index contributed by atoms with van der Waals surface area (Å²) in [5.74, 6) is -0.109. The Morgan fingerprint density at radius 2 is 1.37 bits per heavy atom. The number of aliphatic hydroxyl groups is 1. The highest BCUT2D eigenvalue weighted by Gasteiger charge is 2.64. The number of hydrogen-bond donors (Lipinski definition) is 1. The normalized spacial score (nSPS) is 18.5. The molecule has 1 aromatic rings. The fraction of sp³-hybridized carbons (Fsp3) is 0.704. The predicted octanol–water partition coefficient (Wildman–Crippen LogP) is 6.03. The minimum absolute atomic E-state index is 0.0311. The van der Waals surface area contributed by atoms with Gasteiger partial charge in [0.1, 0.15) is 23.2 Å². The lowest BCUT2D eigenvalue weighted by atomic mass is 10.1. The van der Waals surface area contributed by atoms with Crippen LogP contribution in [0.15, 0.2) is 24.5 Å². The van der Waals surface area contributed by atoms with Crippen LogP contribution in [0.2, 0.25) is 0 Å². The van der Waals surface area contributed by atoms with Crippen LogP contribution in [0, 0.1) is 10.8 Å². The molecular weight excluding hydrogens is 592 g/mol. The molecule has 43 heavy (non-hydrogen) atoms. The average Bonchev–Trinajstić information content (AvgIpc) is 3.72. The summed E-state index contributed by atoms with van der Waals surface area (Å²) in [6.07, 6.45) is -5.27. The number of carbonyl (C=O) groups excluding carboxylic acids is 3. The highest BCUT2D eigenvalue weighted by molar-refractivity contribution is 5.96. The van der Waals surface area contributed by atoms with Crippen molar-refractivity contribution < 1.29 is 60.0 Å². The number of rotatable bonds is 4. The maximum absolute atomic E-state index is 12.7. The van der Waals surface area contributed by atoms with Crippen molar-refractivity contribution in [3.63, 3.8) is 0 Å². The van der Waals surface area contributed by atoms with Gasteiger partial charge in [0.25, 0.3) is 0 Å². The van der Waals surface area contributed by atoms with Crippen LogP contribution in [0.1, 0.15) is 67.2 Å². The van der Waals surface area contributed by atoms with E-state index in [1.54, 1.807) is 41.5 Å². The molecule has 4 rings (SSSR count). The molecule has 3 aliphatic rings. The van der Waals surface area contributed by atoms with Crippen LogP contribution >= 0.6 is 0 Å². The molecule has 0 atom stereocenters. The quantitative estimate of drug-likeness (QED) is 0.401. The first-order valence-corrected chi connectivity index (χ1v) is 13.3. The van der Waals surface area contributed by atoms with Crippen LogP contribution in [-0.4, -0.2) is 81.1 Å². The molecule has 2 heterocycles.